The van der Waals surface area contributed by atoms with Crippen LogP contribution in [0.1, 0.15) is 32.0 Å². The number of nitrogens with zero attached hydrogens (tertiary/aromatic N) is 2. The van der Waals surface area contributed by atoms with Gasteiger partial charge in [-0.1, -0.05) is 30.3 Å². The quantitative estimate of drug-likeness (QED) is 0.677. The van der Waals surface area contributed by atoms with E-state index < -0.39 is 11.9 Å². The first-order valence-corrected chi connectivity index (χ1v) is 7.87. The summed E-state index contributed by atoms with van der Waals surface area (Å²) in [5.74, 6) is -1.23. The lowest BCUT2D eigenvalue weighted by atomic mass is 10.1. The van der Waals surface area contributed by atoms with Crippen molar-refractivity contribution in [2.45, 2.75) is 6.54 Å². The number of aromatic nitrogens is 1. The summed E-state index contributed by atoms with van der Waals surface area (Å²) in [7, 11) is 2.54. The van der Waals surface area contributed by atoms with Crippen LogP contribution in [0, 0.1) is 11.3 Å². The molecule has 6 nitrogen and oxygen atoms in total. The number of hydrogen-bond donors (Lipinski definition) is 0. The van der Waals surface area contributed by atoms with Crippen LogP contribution in [0.15, 0.2) is 48.5 Å². The Morgan fingerprint density at radius 1 is 1.04 bits per heavy atom. The molecule has 0 aliphatic carbocycles. The maximum absolute atomic E-state index is 12.5. The molecule has 0 aliphatic heterocycles. The lowest BCUT2D eigenvalue weighted by molar-refractivity contribution is 0.0549. The number of esters is 2. The summed E-state index contributed by atoms with van der Waals surface area (Å²) in [6.45, 7) is 0.303. The maximum atomic E-state index is 12.5. The van der Waals surface area contributed by atoms with E-state index in [1.807, 2.05) is 18.2 Å². The minimum absolute atomic E-state index is 0.128. The van der Waals surface area contributed by atoms with Gasteiger partial charge >= 0.3 is 11.9 Å². The van der Waals surface area contributed by atoms with Gasteiger partial charge in [-0.15, -0.1) is 0 Å². The predicted octanol–water partition coefficient (Wildman–Crippen LogP) is 3.13. The number of hydrogen-bond acceptors (Lipinski definition) is 5. The summed E-state index contributed by atoms with van der Waals surface area (Å²) in [5.41, 5.74) is 2.35. The fourth-order valence-corrected chi connectivity index (χ4v) is 3.01. The topological polar surface area (TPSA) is 81.3 Å². The van der Waals surface area contributed by atoms with E-state index in [-0.39, 0.29) is 11.3 Å². The van der Waals surface area contributed by atoms with Gasteiger partial charge in [-0.05, 0) is 23.8 Å². The van der Waals surface area contributed by atoms with Gasteiger partial charge in [-0.2, -0.15) is 5.26 Å². The van der Waals surface area contributed by atoms with E-state index in [2.05, 4.69) is 6.07 Å². The molecular formula is C20H16N2O4. The molecule has 0 atom stereocenters. The number of rotatable bonds is 4. The SMILES string of the molecule is COC(=O)c1c(C(=O)OC)n(Cc2cccc(C#N)c2)c2ccccc12. The molecule has 0 saturated heterocycles. The summed E-state index contributed by atoms with van der Waals surface area (Å²) in [4.78, 5) is 24.8. The largest absolute Gasteiger partial charge is 0.465 e. The zero-order valence-corrected chi connectivity index (χ0v) is 14.4. The molecule has 0 unspecified atom stereocenters. The molecule has 3 rings (SSSR count). The summed E-state index contributed by atoms with van der Waals surface area (Å²) < 4.78 is 11.5. The van der Waals surface area contributed by atoms with Crippen molar-refractivity contribution in [1.29, 1.82) is 5.26 Å². The van der Waals surface area contributed by atoms with Crippen LogP contribution in [-0.2, 0) is 16.0 Å². The Bertz CT molecular complexity index is 1040. The van der Waals surface area contributed by atoms with Gasteiger partial charge in [0.2, 0.25) is 0 Å². The van der Waals surface area contributed by atoms with E-state index >= 15 is 0 Å². The lowest BCUT2D eigenvalue weighted by Gasteiger charge is -2.11. The highest BCUT2D eigenvalue weighted by atomic mass is 16.5. The number of nitriles is 1. The molecule has 2 aromatic carbocycles. The van der Waals surface area contributed by atoms with Gasteiger partial charge in [-0.25, -0.2) is 9.59 Å². The third kappa shape index (κ3) is 2.91. The number of carbonyl (C=O) groups is 2. The monoisotopic (exact) mass is 348 g/mol. The van der Waals surface area contributed by atoms with Gasteiger partial charge in [0.05, 0.1) is 25.9 Å². The van der Waals surface area contributed by atoms with Crippen LogP contribution < -0.4 is 0 Å². The van der Waals surface area contributed by atoms with Crippen molar-refractivity contribution >= 4 is 22.8 Å². The Balaban J connectivity index is 2.27. The standard InChI is InChI=1S/C20H16N2O4/c1-25-19(23)17-15-8-3-4-9-16(15)22(18(17)20(24)26-2)12-14-7-5-6-13(10-14)11-21/h3-10H,12H2,1-2H3. The Morgan fingerprint density at radius 2 is 1.77 bits per heavy atom. The summed E-state index contributed by atoms with van der Waals surface area (Å²) >= 11 is 0. The molecule has 130 valence electrons. The summed E-state index contributed by atoms with van der Waals surface area (Å²) in [5, 5.41) is 9.71. The van der Waals surface area contributed by atoms with E-state index in [1.54, 1.807) is 34.9 Å². The number of ether oxygens (including phenoxy) is 2. The number of fused-ring (bicyclic) bond motifs is 1. The van der Waals surface area contributed by atoms with E-state index in [9.17, 15) is 9.59 Å². The van der Waals surface area contributed by atoms with Crippen LogP contribution >= 0.6 is 0 Å². The van der Waals surface area contributed by atoms with Gasteiger partial charge in [0.15, 0.2) is 0 Å². The van der Waals surface area contributed by atoms with E-state index in [1.165, 1.54) is 14.2 Å². The third-order valence-electron chi connectivity index (χ3n) is 4.14. The Morgan fingerprint density at radius 3 is 2.46 bits per heavy atom. The molecule has 0 bridgehead atoms. The highest BCUT2D eigenvalue weighted by Crippen LogP contribution is 2.28. The molecule has 0 spiro atoms. The van der Waals surface area contributed by atoms with Crippen molar-refractivity contribution in [1.82, 2.24) is 4.57 Å². The molecular weight excluding hydrogens is 332 g/mol. The van der Waals surface area contributed by atoms with Crippen LogP contribution in [-0.4, -0.2) is 30.7 Å². The van der Waals surface area contributed by atoms with E-state index in [0.29, 0.717) is 23.0 Å². The molecule has 0 amide bonds. The molecule has 0 aliphatic rings. The van der Waals surface area contributed by atoms with Gasteiger partial charge in [0.25, 0.3) is 0 Å². The zero-order valence-electron chi connectivity index (χ0n) is 14.4. The minimum Gasteiger partial charge on any atom is -0.465 e. The van der Waals surface area contributed by atoms with Gasteiger partial charge in [0.1, 0.15) is 11.3 Å². The Labute approximate surface area is 150 Å². The third-order valence-corrected chi connectivity index (χ3v) is 4.14. The fourth-order valence-electron chi connectivity index (χ4n) is 3.01. The van der Waals surface area contributed by atoms with Crippen LogP contribution in [0.5, 0.6) is 0 Å². The summed E-state index contributed by atoms with van der Waals surface area (Å²) in [6.07, 6.45) is 0. The molecule has 1 heterocycles. The molecule has 0 fully saturated rings. The van der Waals surface area contributed by atoms with Crippen LogP contribution in [0.4, 0.5) is 0 Å². The average Bonchev–Trinajstić information content (AvgIpc) is 3.01. The second-order valence-corrected chi connectivity index (χ2v) is 5.62. The van der Waals surface area contributed by atoms with Crippen molar-refractivity contribution in [2.24, 2.45) is 0 Å². The van der Waals surface area contributed by atoms with Gasteiger partial charge in [-0.3, -0.25) is 0 Å². The minimum atomic E-state index is -0.627. The smallest absolute Gasteiger partial charge is 0.355 e. The first-order chi connectivity index (χ1) is 12.6. The number of para-hydroxylation sites is 1. The first kappa shape index (κ1) is 17.2. The van der Waals surface area contributed by atoms with Crippen molar-refractivity contribution in [3.63, 3.8) is 0 Å². The van der Waals surface area contributed by atoms with Crippen molar-refractivity contribution in [3.8, 4) is 6.07 Å². The number of carbonyl (C=O) groups excluding carboxylic acids is 2. The molecule has 3 aromatic rings. The highest BCUT2D eigenvalue weighted by molar-refractivity contribution is 6.13. The first-order valence-electron chi connectivity index (χ1n) is 7.87. The number of benzene rings is 2. The van der Waals surface area contributed by atoms with Crippen LogP contribution in [0.3, 0.4) is 0 Å². The Hall–Kier alpha value is -3.59. The molecule has 26 heavy (non-hydrogen) atoms. The molecule has 1 aromatic heterocycles. The highest BCUT2D eigenvalue weighted by Gasteiger charge is 2.28. The van der Waals surface area contributed by atoms with Gasteiger partial charge < -0.3 is 14.0 Å². The van der Waals surface area contributed by atoms with Gasteiger partial charge in [0, 0.05) is 17.4 Å². The summed E-state index contributed by atoms with van der Waals surface area (Å²) in [6, 6.07) is 16.4. The van der Waals surface area contributed by atoms with Crippen molar-refractivity contribution < 1.29 is 19.1 Å². The molecule has 0 radical (unpaired) electrons. The van der Waals surface area contributed by atoms with Crippen LogP contribution in [0.25, 0.3) is 10.9 Å². The fraction of sp³-hybridized carbons (Fsp3) is 0.150. The van der Waals surface area contributed by atoms with E-state index in [4.69, 9.17) is 14.7 Å². The van der Waals surface area contributed by atoms with Crippen molar-refractivity contribution in [2.75, 3.05) is 14.2 Å². The second-order valence-electron chi connectivity index (χ2n) is 5.62. The van der Waals surface area contributed by atoms with E-state index in [0.717, 1.165) is 5.56 Å². The molecule has 6 heteroatoms. The maximum Gasteiger partial charge on any atom is 0.355 e. The second kappa shape index (κ2) is 7.11. The molecule has 0 N–H and O–H groups in total. The van der Waals surface area contributed by atoms with Crippen LogP contribution in [0.2, 0.25) is 0 Å². The zero-order chi connectivity index (χ0) is 18.7. The predicted molar refractivity (Wildman–Crippen MR) is 94.9 cm³/mol. The van der Waals surface area contributed by atoms with Crippen molar-refractivity contribution in [3.05, 3.63) is 70.9 Å². The molecule has 0 saturated carbocycles. The number of methoxy groups -OCH3 is 2. The normalized spacial score (nSPS) is 10.3. The Kier molecular flexibility index (Phi) is 4.72. The average molecular weight is 348 g/mol. The lowest BCUT2D eigenvalue weighted by Crippen LogP contribution is -2.16.